The van der Waals surface area contributed by atoms with Gasteiger partial charge in [-0.3, -0.25) is 9.59 Å². The van der Waals surface area contributed by atoms with Crippen LogP contribution in [0, 0.1) is 12.8 Å². The number of anilines is 2. The van der Waals surface area contributed by atoms with Crippen LogP contribution in [0.4, 0.5) is 11.4 Å². The Balaban J connectivity index is 2.12. The molecule has 1 aromatic carbocycles. The Bertz CT molecular complexity index is 536. The molecule has 1 fully saturated rings. The van der Waals surface area contributed by atoms with E-state index in [0.29, 0.717) is 6.42 Å². The van der Waals surface area contributed by atoms with Gasteiger partial charge in [0, 0.05) is 30.3 Å². The second kappa shape index (κ2) is 6.74. The summed E-state index contributed by atoms with van der Waals surface area (Å²) in [5, 5.41) is 2.97. The highest BCUT2D eigenvalue weighted by Gasteiger charge is 2.23. The van der Waals surface area contributed by atoms with Crippen LogP contribution in [-0.4, -0.2) is 18.4 Å². The third-order valence-corrected chi connectivity index (χ3v) is 4.18. The topological polar surface area (TPSA) is 49.4 Å². The maximum Gasteiger partial charge on any atom is 0.227 e. The molecule has 2 amide bonds. The Labute approximate surface area is 126 Å². The van der Waals surface area contributed by atoms with Crippen molar-refractivity contribution in [2.24, 2.45) is 5.92 Å². The first-order chi connectivity index (χ1) is 10.1. The summed E-state index contributed by atoms with van der Waals surface area (Å²) in [4.78, 5) is 25.8. The van der Waals surface area contributed by atoms with E-state index in [1.165, 1.54) is 0 Å². The Hall–Kier alpha value is -1.84. The molecule has 1 aliphatic heterocycles. The molecule has 1 aromatic rings. The van der Waals surface area contributed by atoms with Gasteiger partial charge in [0.1, 0.15) is 0 Å². The number of carbonyl (C=O) groups excluding carboxylic acids is 2. The molecule has 0 radical (unpaired) electrons. The van der Waals surface area contributed by atoms with Gasteiger partial charge in [-0.2, -0.15) is 0 Å². The summed E-state index contributed by atoms with van der Waals surface area (Å²) in [5.74, 6) is 0.321. The van der Waals surface area contributed by atoms with Gasteiger partial charge in [-0.25, -0.2) is 0 Å². The summed E-state index contributed by atoms with van der Waals surface area (Å²) in [6, 6.07) is 5.76. The summed E-state index contributed by atoms with van der Waals surface area (Å²) in [5.41, 5.74) is 2.78. The van der Waals surface area contributed by atoms with Crippen molar-refractivity contribution in [1.82, 2.24) is 0 Å². The fraction of sp³-hybridized carbons (Fsp3) is 0.529. The molecule has 2 rings (SSSR count). The van der Waals surface area contributed by atoms with Crippen LogP contribution in [0.5, 0.6) is 0 Å². The second-order valence-corrected chi connectivity index (χ2v) is 5.65. The number of aryl methyl sites for hydroxylation is 1. The lowest BCUT2D eigenvalue weighted by Crippen LogP contribution is -2.25. The average molecular weight is 288 g/mol. The largest absolute Gasteiger partial charge is 0.326 e. The third-order valence-electron chi connectivity index (χ3n) is 4.18. The van der Waals surface area contributed by atoms with Crippen molar-refractivity contribution in [3.8, 4) is 0 Å². The number of hydrogen-bond acceptors (Lipinski definition) is 2. The van der Waals surface area contributed by atoms with E-state index in [-0.39, 0.29) is 17.7 Å². The molecule has 1 N–H and O–H groups in total. The molecule has 1 aliphatic rings. The Kier molecular flexibility index (Phi) is 4.99. The van der Waals surface area contributed by atoms with Gasteiger partial charge < -0.3 is 10.2 Å². The fourth-order valence-corrected chi connectivity index (χ4v) is 2.84. The van der Waals surface area contributed by atoms with Gasteiger partial charge in [-0.05, 0) is 49.9 Å². The first kappa shape index (κ1) is 15.5. The molecule has 0 aromatic heterocycles. The first-order valence-corrected chi connectivity index (χ1v) is 7.78. The normalized spacial score (nSPS) is 14.9. The van der Waals surface area contributed by atoms with Crippen LogP contribution in [0.3, 0.4) is 0 Å². The zero-order valence-corrected chi connectivity index (χ0v) is 13.1. The lowest BCUT2D eigenvalue weighted by molar-refractivity contribution is -0.120. The van der Waals surface area contributed by atoms with Crippen molar-refractivity contribution in [2.75, 3.05) is 16.8 Å². The van der Waals surface area contributed by atoms with E-state index in [9.17, 15) is 9.59 Å². The molecule has 0 atom stereocenters. The Morgan fingerprint density at radius 3 is 2.57 bits per heavy atom. The molecule has 0 saturated carbocycles. The molecule has 0 aliphatic carbocycles. The molecule has 1 heterocycles. The van der Waals surface area contributed by atoms with Gasteiger partial charge in [0.2, 0.25) is 11.8 Å². The van der Waals surface area contributed by atoms with E-state index in [0.717, 1.165) is 42.7 Å². The number of carbonyl (C=O) groups is 2. The number of hydrogen-bond donors (Lipinski definition) is 1. The van der Waals surface area contributed by atoms with Crippen molar-refractivity contribution in [3.63, 3.8) is 0 Å². The summed E-state index contributed by atoms with van der Waals surface area (Å²) >= 11 is 0. The van der Waals surface area contributed by atoms with Crippen LogP contribution < -0.4 is 10.2 Å². The summed E-state index contributed by atoms with van der Waals surface area (Å²) in [6.45, 7) is 6.83. The third kappa shape index (κ3) is 3.43. The predicted molar refractivity (Wildman–Crippen MR) is 85.5 cm³/mol. The standard InChI is InChI=1S/C17H24N2O2/c1-4-13(5-2)17(21)18-14-8-9-15(12(3)11-14)19-10-6-7-16(19)20/h8-9,11,13H,4-7,10H2,1-3H3,(H,18,21). The quantitative estimate of drug-likeness (QED) is 0.901. The highest BCUT2D eigenvalue weighted by atomic mass is 16.2. The maximum absolute atomic E-state index is 12.1. The van der Waals surface area contributed by atoms with E-state index >= 15 is 0 Å². The number of rotatable bonds is 5. The number of amides is 2. The summed E-state index contributed by atoms with van der Waals surface area (Å²) in [7, 11) is 0. The number of nitrogens with zero attached hydrogens (tertiary/aromatic N) is 1. The van der Waals surface area contributed by atoms with Crippen molar-refractivity contribution < 1.29 is 9.59 Å². The molecule has 114 valence electrons. The van der Waals surface area contributed by atoms with Crippen LogP contribution in [0.1, 0.15) is 45.1 Å². The minimum Gasteiger partial charge on any atom is -0.326 e. The Morgan fingerprint density at radius 1 is 1.33 bits per heavy atom. The van der Waals surface area contributed by atoms with E-state index in [1.54, 1.807) is 0 Å². The molecule has 1 saturated heterocycles. The lowest BCUT2D eigenvalue weighted by Gasteiger charge is -2.19. The van der Waals surface area contributed by atoms with Crippen LogP contribution in [-0.2, 0) is 9.59 Å². The van der Waals surface area contributed by atoms with Crippen molar-refractivity contribution in [3.05, 3.63) is 23.8 Å². The van der Waals surface area contributed by atoms with Gasteiger partial charge in [0.15, 0.2) is 0 Å². The molecular formula is C17H24N2O2. The molecule has 4 nitrogen and oxygen atoms in total. The Morgan fingerprint density at radius 2 is 2.05 bits per heavy atom. The molecule has 0 spiro atoms. The van der Waals surface area contributed by atoms with E-state index in [1.807, 2.05) is 43.9 Å². The molecule has 21 heavy (non-hydrogen) atoms. The van der Waals surface area contributed by atoms with Gasteiger partial charge in [-0.1, -0.05) is 13.8 Å². The van der Waals surface area contributed by atoms with Gasteiger partial charge in [0.05, 0.1) is 0 Å². The van der Waals surface area contributed by atoms with Crippen LogP contribution >= 0.6 is 0 Å². The predicted octanol–water partition coefficient (Wildman–Crippen LogP) is 3.50. The van der Waals surface area contributed by atoms with Crippen LogP contribution in [0.2, 0.25) is 0 Å². The average Bonchev–Trinajstić information content (AvgIpc) is 2.86. The summed E-state index contributed by atoms with van der Waals surface area (Å²) < 4.78 is 0. The van der Waals surface area contributed by atoms with Gasteiger partial charge in [-0.15, -0.1) is 0 Å². The van der Waals surface area contributed by atoms with Crippen molar-refractivity contribution >= 4 is 23.2 Å². The molecule has 4 heteroatoms. The number of benzene rings is 1. The van der Waals surface area contributed by atoms with Crippen molar-refractivity contribution in [2.45, 2.75) is 46.5 Å². The SMILES string of the molecule is CCC(CC)C(=O)Nc1ccc(N2CCCC2=O)c(C)c1. The van der Waals surface area contributed by atoms with Crippen LogP contribution in [0.15, 0.2) is 18.2 Å². The zero-order chi connectivity index (χ0) is 15.4. The van der Waals surface area contributed by atoms with E-state index in [4.69, 9.17) is 0 Å². The minimum atomic E-state index is 0.0603. The van der Waals surface area contributed by atoms with Crippen LogP contribution in [0.25, 0.3) is 0 Å². The fourth-order valence-electron chi connectivity index (χ4n) is 2.84. The minimum absolute atomic E-state index is 0.0603. The highest BCUT2D eigenvalue weighted by molar-refractivity contribution is 5.97. The molecule has 0 bridgehead atoms. The summed E-state index contributed by atoms with van der Waals surface area (Å²) in [6.07, 6.45) is 3.25. The van der Waals surface area contributed by atoms with E-state index < -0.39 is 0 Å². The molecule has 0 unspecified atom stereocenters. The first-order valence-electron chi connectivity index (χ1n) is 7.78. The lowest BCUT2D eigenvalue weighted by atomic mass is 10.0. The maximum atomic E-state index is 12.1. The second-order valence-electron chi connectivity index (χ2n) is 5.65. The highest BCUT2D eigenvalue weighted by Crippen LogP contribution is 2.27. The number of nitrogens with one attached hydrogen (secondary N) is 1. The van der Waals surface area contributed by atoms with Gasteiger partial charge in [0.25, 0.3) is 0 Å². The zero-order valence-electron chi connectivity index (χ0n) is 13.1. The van der Waals surface area contributed by atoms with Gasteiger partial charge >= 0.3 is 0 Å². The smallest absolute Gasteiger partial charge is 0.227 e. The van der Waals surface area contributed by atoms with Crippen molar-refractivity contribution in [1.29, 1.82) is 0 Å². The molecular weight excluding hydrogens is 264 g/mol. The monoisotopic (exact) mass is 288 g/mol. The van der Waals surface area contributed by atoms with E-state index in [2.05, 4.69) is 5.32 Å².